The van der Waals surface area contributed by atoms with Crippen LogP contribution in [0.3, 0.4) is 0 Å². The van der Waals surface area contributed by atoms with Crippen LogP contribution in [-0.4, -0.2) is 21.7 Å². The van der Waals surface area contributed by atoms with Gasteiger partial charge in [-0.3, -0.25) is 14.2 Å². The van der Waals surface area contributed by atoms with Crippen LogP contribution in [0.25, 0.3) is 10.2 Å². The van der Waals surface area contributed by atoms with E-state index >= 15 is 0 Å². The highest BCUT2D eigenvalue weighted by Crippen LogP contribution is 2.25. The quantitative estimate of drug-likeness (QED) is 0.543. The molecule has 0 aliphatic heterocycles. The third-order valence-corrected chi connectivity index (χ3v) is 5.59. The number of aryl methyl sites for hydroxylation is 2. The van der Waals surface area contributed by atoms with Crippen molar-refractivity contribution in [1.82, 2.24) is 15.0 Å². The van der Waals surface area contributed by atoms with Gasteiger partial charge in [0.15, 0.2) is 0 Å². The van der Waals surface area contributed by atoms with E-state index < -0.39 is 0 Å². The number of fused-ring (bicyclic) bond motifs is 1. The topological polar surface area (TPSA) is 76.3 Å². The lowest BCUT2D eigenvalue weighted by Crippen LogP contribution is -2.30. The number of hydrazone groups is 1. The Labute approximate surface area is 161 Å². The summed E-state index contributed by atoms with van der Waals surface area (Å²) in [5.74, 6) is 0.0912. The molecule has 0 atom stereocenters. The Morgan fingerprint density at radius 2 is 2.00 bits per heavy atom. The van der Waals surface area contributed by atoms with Crippen LogP contribution in [0.5, 0.6) is 0 Å². The van der Waals surface area contributed by atoms with E-state index in [9.17, 15) is 9.59 Å². The lowest BCUT2D eigenvalue weighted by Gasteiger charge is -2.05. The highest BCUT2D eigenvalue weighted by atomic mass is 32.1. The number of nitrogens with one attached hydrogen (secondary N) is 1. The number of hydrogen-bond donors (Lipinski definition) is 1. The molecule has 0 radical (unpaired) electrons. The van der Waals surface area contributed by atoms with Crippen molar-refractivity contribution in [3.63, 3.8) is 0 Å². The molecule has 1 amide bonds. The van der Waals surface area contributed by atoms with E-state index in [1.165, 1.54) is 27.8 Å². The van der Waals surface area contributed by atoms with Gasteiger partial charge in [0.05, 0.1) is 17.9 Å². The fourth-order valence-electron chi connectivity index (χ4n) is 2.72. The lowest BCUT2D eigenvalue weighted by atomic mass is 10.0. The molecule has 7 heteroatoms. The number of benzene rings is 1. The fraction of sp³-hybridized carbons (Fsp3) is 0.300. The minimum absolute atomic E-state index is 0.125. The zero-order chi connectivity index (χ0) is 19.6. The summed E-state index contributed by atoms with van der Waals surface area (Å²) in [5, 5.41) is 4.55. The molecule has 0 saturated heterocycles. The van der Waals surface area contributed by atoms with Crippen LogP contribution < -0.4 is 11.0 Å². The average Bonchev–Trinajstić information content (AvgIpc) is 2.93. The number of thiophene rings is 1. The Morgan fingerprint density at radius 3 is 2.67 bits per heavy atom. The van der Waals surface area contributed by atoms with E-state index in [0.29, 0.717) is 16.1 Å². The molecule has 2 aromatic heterocycles. The second kappa shape index (κ2) is 7.84. The van der Waals surface area contributed by atoms with E-state index in [2.05, 4.69) is 29.4 Å². The van der Waals surface area contributed by atoms with Crippen molar-refractivity contribution in [1.29, 1.82) is 0 Å². The number of carbonyl (C=O) groups excluding carboxylic acids is 1. The molecule has 1 N–H and O–H groups in total. The van der Waals surface area contributed by atoms with Gasteiger partial charge in [-0.15, -0.1) is 11.3 Å². The number of carbonyl (C=O) groups is 1. The molecule has 3 aromatic rings. The molecule has 0 spiro atoms. The molecular weight excluding hydrogens is 360 g/mol. The summed E-state index contributed by atoms with van der Waals surface area (Å²) < 4.78 is 1.31. The maximum atomic E-state index is 12.6. The number of hydrogen-bond acceptors (Lipinski definition) is 5. The second-order valence-electron chi connectivity index (χ2n) is 6.76. The van der Waals surface area contributed by atoms with Gasteiger partial charge in [0.1, 0.15) is 11.4 Å². The summed E-state index contributed by atoms with van der Waals surface area (Å²) in [5.41, 5.74) is 5.32. The molecule has 0 fully saturated rings. The monoisotopic (exact) mass is 382 g/mol. The molecule has 6 nitrogen and oxygen atoms in total. The van der Waals surface area contributed by atoms with Gasteiger partial charge in [0, 0.05) is 4.88 Å². The minimum atomic E-state index is -0.377. The van der Waals surface area contributed by atoms with Crippen LogP contribution >= 0.6 is 11.3 Å². The Morgan fingerprint density at radius 1 is 1.30 bits per heavy atom. The van der Waals surface area contributed by atoms with Crippen molar-refractivity contribution in [2.24, 2.45) is 5.10 Å². The minimum Gasteiger partial charge on any atom is -0.289 e. The van der Waals surface area contributed by atoms with Crippen LogP contribution in [0, 0.1) is 13.8 Å². The van der Waals surface area contributed by atoms with Crippen molar-refractivity contribution in [2.75, 3.05) is 0 Å². The molecular formula is C20H22N4O2S. The average molecular weight is 382 g/mol. The smallest absolute Gasteiger partial charge is 0.262 e. The summed E-state index contributed by atoms with van der Waals surface area (Å²) in [6.45, 7) is 8.00. The van der Waals surface area contributed by atoms with E-state index in [1.54, 1.807) is 6.21 Å². The van der Waals surface area contributed by atoms with Crippen molar-refractivity contribution >= 4 is 33.7 Å². The van der Waals surface area contributed by atoms with Crippen molar-refractivity contribution in [3.05, 3.63) is 62.5 Å². The zero-order valence-electron chi connectivity index (χ0n) is 15.8. The summed E-state index contributed by atoms with van der Waals surface area (Å²) >= 11 is 1.49. The van der Waals surface area contributed by atoms with Crippen LogP contribution in [-0.2, 0) is 11.3 Å². The largest absolute Gasteiger partial charge is 0.289 e. The standard InChI is InChI=1S/C20H22N4O2S/c1-12(2)16-7-5-15(6-8-16)9-22-23-17(25)10-24-11-21-19-18(20(24)26)13(3)14(4)27-19/h5-9,11-12H,10H2,1-4H3,(H,23,25). The first-order chi connectivity index (χ1) is 12.9. The lowest BCUT2D eigenvalue weighted by molar-refractivity contribution is -0.121. The molecule has 140 valence electrons. The maximum Gasteiger partial charge on any atom is 0.262 e. The van der Waals surface area contributed by atoms with Gasteiger partial charge < -0.3 is 0 Å². The third-order valence-electron chi connectivity index (χ3n) is 4.48. The van der Waals surface area contributed by atoms with E-state index in [-0.39, 0.29) is 18.0 Å². The van der Waals surface area contributed by atoms with E-state index in [0.717, 1.165) is 16.0 Å². The number of amides is 1. The normalized spacial score (nSPS) is 11.6. The fourth-order valence-corrected chi connectivity index (χ4v) is 3.71. The Bertz CT molecular complexity index is 1060. The molecule has 27 heavy (non-hydrogen) atoms. The summed E-state index contributed by atoms with van der Waals surface area (Å²) in [6, 6.07) is 7.99. The summed E-state index contributed by atoms with van der Waals surface area (Å²) in [4.78, 5) is 30.8. The molecule has 1 aromatic carbocycles. The highest BCUT2D eigenvalue weighted by molar-refractivity contribution is 7.18. The zero-order valence-corrected chi connectivity index (χ0v) is 16.6. The molecule has 3 rings (SSSR count). The molecule has 0 aliphatic carbocycles. The Balaban J connectivity index is 1.67. The van der Waals surface area contributed by atoms with Crippen LogP contribution in [0.4, 0.5) is 0 Å². The van der Waals surface area contributed by atoms with Crippen LogP contribution in [0.1, 0.15) is 41.3 Å². The van der Waals surface area contributed by atoms with Gasteiger partial charge in [-0.1, -0.05) is 38.1 Å². The first-order valence-corrected chi connectivity index (χ1v) is 9.55. The maximum absolute atomic E-state index is 12.6. The van der Waals surface area contributed by atoms with Crippen LogP contribution in [0.2, 0.25) is 0 Å². The highest BCUT2D eigenvalue weighted by Gasteiger charge is 2.13. The van der Waals surface area contributed by atoms with Crippen molar-refractivity contribution in [3.8, 4) is 0 Å². The van der Waals surface area contributed by atoms with Gasteiger partial charge in [0.2, 0.25) is 0 Å². The SMILES string of the molecule is Cc1sc2ncn(CC(=O)NN=Cc3ccc(C(C)C)cc3)c(=O)c2c1C. The van der Waals surface area contributed by atoms with E-state index in [1.807, 2.05) is 38.1 Å². The Hall–Kier alpha value is -2.80. The van der Waals surface area contributed by atoms with Gasteiger partial charge in [-0.2, -0.15) is 5.10 Å². The predicted octanol–water partition coefficient (Wildman–Crippen LogP) is 3.35. The van der Waals surface area contributed by atoms with Crippen LogP contribution in [0.15, 0.2) is 40.5 Å². The predicted molar refractivity (Wildman–Crippen MR) is 110 cm³/mol. The second-order valence-corrected chi connectivity index (χ2v) is 7.96. The first kappa shape index (κ1) is 19.0. The molecule has 0 bridgehead atoms. The summed E-state index contributed by atoms with van der Waals surface area (Å²) in [7, 11) is 0. The molecule has 0 saturated carbocycles. The third kappa shape index (κ3) is 4.14. The number of aromatic nitrogens is 2. The molecule has 0 unspecified atom stereocenters. The summed E-state index contributed by atoms with van der Waals surface area (Å²) in [6.07, 6.45) is 2.99. The van der Waals surface area contributed by atoms with Gasteiger partial charge in [0.25, 0.3) is 11.5 Å². The number of nitrogens with zero attached hydrogens (tertiary/aromatic N) is 3. The van der Waals surface area contributed by atoms with Gasteiger partial charge in [-0.25, -0.2) is 10.4 Å². The van der Waals surface area contributed by atoms with Gasteiger partial charge >= 0.3 is 0 Å². The van der Waals surface area contributed by atoms with Crippen molar-refractivity contribution in [2.45, 2.75) is 40.2 Å². The van der Waals surface area contributed by atoms with Crippen molar-refractivity contribution < 1.29 is 4.79 Å². The Kier molecular flexibility index (Phi) is 5.51. The first-order valence-electron chi connectivity index (χ1n) is 8.74. The molecule has 2 heterocycles. The van der Waals surface area contributed by atoms with Gasteiger partial charge in [-0.05, 0) is 36.5 Å². The van der Waals surface area contributed by atoms with E-state index in [4.69, 9.17) is 0 Å². The number of rotatable bonds is 5. The molecule has 0 aliphatic rings.